The summed E-state index contributed by atoms with van der Waals surface area (Å²) in [6.45, 7) is 2.13. The summed E-state index contributed by atoms with van der Waals surface area (Å²) in [6, 6.07) is 5.26. The maximum atomic E-state index is 11.4. The van der Waals surface area contributed by atoms with Crippen molar-refractivity contribution in [2.45, 2.75) is 18.7 Å². The van der Waals surface area contributed by atoms with Crippen molar-refractivity contribution in [2.75, 3.05) is 19.5 Å². The molecular weight excluding hydrogens is 330 g/mol. The minimum Gasteiger partial charge on any atom is -0.496 e. The topological polar surface area (TPSA) is 61.5 Å². The summed E-state index contributed by atoms with van der Waals surface area (Å²) >= 11 is 5.01. The normalized spacial score (nSPS) is 12.0. The maximum Gasteiger partial charge on any atom is 0.323 e. The van der Waals surface area contributed by atoms with Crippen molar-refractivity contribution in [1.82, 2.24) is 0 Å². The summed E-state index contributed by atoms with van der Waals surface area (Å²) in [7, 11) is 1.64. The molecule has 0 fully saturated rings. The Hall–Kier alpha value is -0.720. The Balaban J connectivity index is 2.49. The van der Waals surface area contributed by atoms with Crippen molar-refractivity contribution < 1.29 is 14.3 Å². The van der Waals surface area contributed by atoms with Gasteiger partial charge in [-0.05, 0) is 25.1 Å². The van der Waals surface area contributed by atoms with Crippen molar-refractivity contribution in [2.24, 2.45) is 5.73 Å². The van der Waals surface area contributed by atoms with E-state index >= 15 is 0 Å². The van der Waals surface area contributed by atoms with E-state index in [9.17, 15) is 4.79 Å². The van der Waals surface area contributed by atoms with Crippen molar-refractivity contribution in [3.63, 3.8) is 0 Å². The Morgan fingerprint density at radius 1 is 1.53 bits per heavy atom. The van der Waals surface area contributed by atoms with E-state index in [1.165, 1.54) is 0 Å². The van der Waals surface area contributed by atoms with E-state index in [2.05, 4.69) is 15.9 Å². The Morgan fingerprint density at radius 3 is 2.89 bits per heavy atom. The molecule has 0 amide bonds. The highest BCUT2D eigenvalue weighted by molar-refractivity contribution is 9.10. The van der Waals surface area contributed by atoms with Crippen molar-refractivity contribution in [1.29, 1.82) is 0 Å². The van der Waals surface area contributed by atoms with Crippen LogP contribution in [0, 0.1) is 0 Å². The van der Waals surface area contributed by atoms with Gasteiger partial charge in [-0.25, -0.2) is 0 Å². The van der Waals surface area contributed by atoms with Gasteiger partial charge in [0.15, 0.2) is 0 Å². The van der Waals surface area contributed by atoms with Crippen LogP contribution in [0.4, 0.5) is 0 Å². The first-order valence-corrected chi connectivity index (χ1v) is 7.85. The first-order chi connectivity index (χ1) is 9.08. The summed E-state index contributed by atoms with van der Waals surface area (Å²) < 4.78 is 11.1. The van der Waals surface area contributed by atoms with Crippen LogP contribution in [0.25, 0.3) is 0 Å². The second kappa shape index (κ2) is 8.45. The van der Waals surface area contributed by atoms with E-state index < -0.39 is 6.04 Å². The number of carbonyl (C=O) groups is 1. The third-order valence-corrected chi connectivity index (χ3v) is 3.99. The number of halogens is 1. The molecule has 0 radical (unpaired) electrons. The number of hydrogen-bond acceptors (Lipinski definition) is 5. The van der Waals surface area contributed by atoms with Crippen LogP contribution in [0.1, 0.15) is 12.5 Å². The maximum absolute atomic E-state index is 11.4. The number of benzene rings is 1. The molecule has 106 valence electrons. The number of carbonyl (C=O) groups excluding carboxylic acids is 1. The third kappa shape index (κ3) is 5.42. The largest absolute Gasteiger partial charge is 0.496 e. The molecule has 1 rings (SSSR count). The van der Waals surface area contributed by atoms with Crippen LogP contribution < -0.4 is 10.5 Å². The molecule has 0 spiro atoms. The van der Waals surface area contributed by atoms with Gasteiger partial charge in [0.2, 0.25) is 0 Å². The van der Waals surface area contributed by atoms with E-state index in [1.807, 2.05) is 18.2 Å². The fourth-order valence-corrected chi connectivity index (χ4v) is 2.84. The summed E-state index contributed by atoms with van der Waals surface area (Å²) in [5.74, 6) is 1.74. The van der Waals surface area contributed by atoms with Crippen LogP contribution >= 0.6 is 27.7 Å². The second-order valence-corrected chi connectivity index (χ2v) is 5.78. The smallest absolute Gasteiger partial charge is 0.323 e. The zero-order valence-electron chi connectivity index (χ0n) is 11.0. The van der Waals surface area contributed by atoms with E-state index in [-0.39, 0.29) is 5.97 Å². The van der Waals surface area contributed by atoms with Gasteiger partial charge in [-0.2, -0.15) is 11.8 Å². The number of ether oxygens (including phenoxy) is 2. The number of nitrogens with two attached hydrogens (primary N) is 1. The monoisotopic (exact) mass is 347 g/mol. The van der Waals surface area contributed by atoms with E-state index in [0.717, 1.165) is 21.5 Å². The SMILES string of the molecule is CCOC(=O)C(N)CSCc1cc(Br)ccc1OC. The van der Waals surface area contributed by atoms with Gasteiger partial charge in [0.25, 0.3) is 0 Å². The predicted molar refractivity (Wildman–Crippen MR) is 81.5 cm³/mol. The van der Waals surface area contributed by atoms with Crippen LogP contribution in [0.5, 0.6) is 5.75 Å². The number of methoxy groups -OCH3 is 1. The van der Waals surface area contributed by atoms with Crippen LogP contribution in [0.15, 0.2) is 22.7 Å². The Labute approximate surface area is 126 Å². The highest BCUT2D eigenvalue weighted by atomic mass is 79.9. The molecule has 0 saturated carbocycles. The van der Waals surface area contributed by atoms with Gasteiger partial charge in [0.1, 0.15) is 11.8 Å². The van der Waals surface area contributed by atoms with Crippen molar-refractivity contribution >= 4 is 33.7 Å². The molecule has 0 aliphatic heterocycles. The highest BCUT2D eigenvalue weighted by Crippen LogP contribution is 2.26. The Bertz CT molecular complexity index is 428. The first-order valence-electron chi connectivity index (χ1n) is 5.90. The van der Waals surface area contributed by atoms with Crippen LogP contribution in [-0.2, 0) is 15.3 Å². The van der Waals surface area contributed by atoms with Gasteiger partial charge >= 0.3 is 5.97 Å². The molecule has 0 aliphatic carbocycles. The summed E-state index contributed by atoms with van der Waals surface area (Å²) in [4.78, 5) is 11.4. The lowest BCUT2D eigenvalue weighted by molar-refractivity contribution is -0.144. The molecule has 6 heteroatoms. The van der Waals surface area contributed by atoms with Gasteiger partial charge in [-0.1, -0.05) is 15.9 Å². The third-order valence-electron chi connectivity index (χ3n) is 2.39. The van der Waals surface area contributed by atoms with Gasteiger partial charge in [0.05, 0.1) is 13.7 Å². The average molecular weight is 348 g/mol. The summed E-state index contributed by atoms with van der Waals surface area (Å²) in [5.41, 5.74) is 6.80. The fraction of sp³-hybridized carbons (Fsp3) is 0.462. The van der Waals surface area contributed by atoms with Crippen LogP contribution in [0.2, 0.25) is 0 Å². The molecule has 1 aromatic rings. The molecule has 2 N–H and O–H groups in total. The van der Waals surface area contributed by atoms with Gasteiger partial charge in [-0.3, -0.25) is 4.79 Å². The molecule has 19 heavy (non-hydrogen) atoms. The van der Waals surface area contributed by atoms with E-state index in [1.54, 1.807) is 25.8 Å². The Morgan fingerprint density at radius 2 is 2.26 bits per heavy atom. The van der Waals surface area contributed by atoms with Crippen LogP contribution in [0.3, 0.4) is 0 Å². The van der Waals surface area contributed by atoms with Crippen LogP contribution in [-0.4, -0.2) is 31.5 Å². The van der Waals surface area contributed by atoms with Gasteiger partial charge < -0.3 is 15.2 Å². The molecular formula is C13H18BrNO3S. The van der Waals surface area contributed by atoms with E-state index in [0.29, 0.717) is 12.4 Å². The summed E-state index contributed by atoms with van der Waals surface area (Å²) in [6.07, 6.45) is 0. The number of hydrogen-bond donors (Lipinski definition) is 1. The second-order valence-electron chi connectivity index (χ2n) is 3.83. The zero-order chi connectivity index (χ0) is 14.3. The van der Waals surface area contributed by atoms with Crippen molar-refractivity contribution in [3.8, 4) is 5.75 Å². The Kier molecular flexibility index (Phi) is 7.27. The minimum atomic E-state index is -0.580. The molecule has 0 saturated heterocycles. The minimum absolute atomic E-state index is 0.351. The summed E-state index contributed by atoms with van der Waals surface area (Å²) in [5, 5.41) is 0. The number of esters is 1. The lowest BCUT2D eigenvalue weighted by Crippen LogP contribution is -2.34. The first kappa shape index (κ1) is 16.3. The molecule has 4 nitrogen and oxygen atoms in total. The molecule has 0 bridgehead atoms. The molecule has 0 aromatic heterocycles. The lowest BCUT2D eigenvalue weighted by Gasteiger charge is -2.12. The molecule has 0 heterocycles. The highest BCUT2D eigenvalue weighted by Gasteiger charge is 2.14. The quantitative estimate of drug-likeness (QED) is 0.768. The van der Waals surface area contributed by atoms with Gasteiger partial charge in [0, 0.05) is 21.5 Å². The molecule has 1 aromatic carbocycles. The standard InChI is InChI=1S/C13H18BrNO3S/c1-3-18-13(16)11(15)8-19-7-9-6-10(14)4-5-12(9)17-2/h4-6,11H,3,7-8,15H2,1-2H3. The molecule has 1 unspecified atom stereocenters. The number of rotatable bonds is 7. The van der Waals surface area contributed by atoms with E-state index in [4.69, 9.17) is 15.2 Å². The number of thioether (sulfide) groups is 1. The molecule has 0 aliphatic rings. The fourth-order valence-electron chi connectivity index (χ4n) is 1.47. The molecule has 1 atom stereocenters. The van der Waals surface area contributed by atoms with Gasteiger partial charge in [-0.15, -0.1) is 0 Å². The lowest BCUT2D eigenvalue weighted by atomic mass is 10.2. The van der Waals surface area contributed by atoms with Crippen molar-refractivity contribution in [3.05, 3.63) is 28.2 Å². The zero-order valence-corrected chi connectivity index (χ0v) is 13.4. The predicted octanol–water partition coefficient (Wildman–Crippen LogP) is 2.58. The average Bonchev–Trinajstić information content (AvgIpc) is 2.39.